The van der Waals surface area contributed by atoms with Crippen molar-refractivity contribution in [2.75, 3.05) is 14.2 Å². The van der Waals surface area contributed by atoms with Gasteiger partial charge in [-0.2, -0.15) is 0 Å². The van der Waals surface area contributed by atoms with Crippen LogP contribution < -0.4 is 10.1 Å². The molecule has 0 bridgehead atoms. The van der Waals surface area contributed by atoms with E-state index in [1.54, 1.807) is 7.11 Å². The second-order valence-corrected chi connectivity index (χ2v) is 5.35. The molecule has 0 aromatic heterocycles. The van der Waals surface area contributed by atoms with E-state index in [0.29, 0.717) is 18.2 Å². The monoisotopic (exact) mass is 263 g/mol. The maximum Gasteiger partial charge on any atom is 0.120 e. The van der Waals surface area contributed by atoms with Crippen LogP contribution in [0.3, 0.4) is 0 Å². The highest BCUT2D eigenvalue weighted by Crippen LogP contribution is 2.29. The van der Waals surface area contributed by atoms with Gasteiger partial charge in [0.15, 0.2) is 0 Å². The first-order valence-electron chi connectivity index (χ1n) is 7.19. The summed E-state index contributed by atoms with van der Waals surface area (Å²) in [4.78, 5) is 0. The molecule has 1 aliphatic rings. The number of ether oxygens (including phenoxy) is 2. The fourth-order valence-corrected chi connectivity index (χ4v) is 2.18. The number of nitrogens with one attached hydrogen (secondary N) is 1. The lowest BCUT2D eigenvalue weighted by molar-refractivity contribution is 0.106. The molecule has 1 saturated carbocycles. The summed E-state index contributed by atoms with van der Waals surface area (Å²) in [6.45, 7) is 2.11. The van der Waals surface area contributed by atoms with Crippen LogP contribution in [0.4, 0.5) is 0 Å². The molecule has 0 heterocycles. The zero-order valence-electron chi connectivity index (χ0n) is 12.2. The Labute approximate surface area is 116 Å². The first-order chi connectivity index (χ1) is 9.22. The Bertz CT molecular complexity index is 390. The molecule has 0 saturated heterocycles. The molecule has 2 unspecified atom stereocenters. The average molecular weight is 263 g/mol. The van der Waals surface area contributed by atoms with Crippen molar-refractivity contribution < 1.29 is 9.47 Å². The summed E-state index contributed by atoms with van der Waals surface area (Å²) < 4.78 is 11.2. The van der Waals surface area contributed by atoms with Gasteiger partial charge in [-0.1, -0.05) is 12.1 Å². The Balaban J connectivity index is 1.96. The molecule has 0 amide bonds. The van der Waals surface area contributed by atoms with Gasteiger partial charge in [0.05, 0.1) is 12.2 Å². The summed E-state index contributed by atoms with van der Waals surface area (Å²) >= 11 is 0. The normalized spacial score (nSPS) is 18.1. The SMILES string of the molecule is CNC(CCC(C)OC)c1cccc(OC2CC2)c1. The van der Waals surface area contributed by atoms with Gasteiger partial charge >= 0.3 is 0 Å². The summed E-state index contributed by atoms with van der Waals surface area (Å²) in [5, 5.41) is 3.38. The lowest BCUT2D eigenvalue weighted by Gasteiger charge is -2.19. The van der Waals surface area contributed by atoms with Gasteiger partial charge in [-0.25, -0.2) is 0 Å². The minimum absolute atomic E-state index is 0.307. The Kier molecular flexibility index (Phi) is 5.23. The van der Waals surface area contributed by atoms with E-state index in [1.807, 2.05) is 13.1 Å². The lowest BCUT2D eigenvalue weighted by Crippen LogP contribution is -2.18. The van der Waals surface area contributed by atoms with E-state index in [2.05, 4.69) is 30.4 Å². The first kappa shape index (κ1) is 14.4. The van der Waals surface area contributed by atoms with Crippen molar-refractivity contribution in [3.63, 3.8) is 0 Å². The van der Waals surface area contributed by atoms with Gasteiger partial charge in [-0.3, -0.25) is 0 Å². The zero-order valence-corrected chi connectivity index (χ0v) is 12.2. The quantitative estimate of drug-likeness (QED) is 0.780. The molecule has 2 atom stereocenters. The number of hydrogen-bond acceptors (Lipinski definition) is 3. The Morgan fingerprint density at radius 3 is 2.74 bits per heavy atom. The van der Waals surface area contributed by atoms with E-state index in [9.17, 15) is 0 Å². The van der Waals surface area contributed by atoms with E-state index < -0.39 is 0 Å². The summed E-state index contributed by atoms with van der Waals surface area (Å²) in [6.07, 6.45) is 5.28. The van der Waals surface area contributed by atoms with Crippen molar-refractivity contribution in [1.29, 1.82) is 0 Å². The number of rotatable bonds is 8. The summed E-state index contributed by atoms with van der Waals surface area (Å²) in [5.74, 6) is 1.00. The molecule has 0 spiro atoms. The Hall–Kier alpha value is -1.06. The minimum atomic E-state index is 0.307. The minimum Gasteiger partial charge on any atom is -0.490 e. The van der Waals surface area contributed by atoms with Crippen molar-refractivity contribution in [2.24, 2.45) is 0 Å². The molecule has 3 heteroatoms. The third-order valence-corrected chi connectivity index (χ3v) is 3.70. The molecular formula is C16H25NO2. The largest absolute Gasteiger partial charge is 0.490 e. The summed E-state index contributed by atoms with van der Waals surface area (Å²) in [7, 11) is 3.78. The van der Waals surface area contributed by atoms with E-state index >= 15 is 0 Å². The van der Waals surface area contributed by atoms with Gasteiger partial charge < -0.3 is 14.8 Å². The lowest BCUT2D eigenvalue weighted by atomic mass is 10.0. The Morgan fingerprint density at radius 2 is 2.11 bits per heavy atom. The fourth-order valence-electron chi connectivity index (χ4n) is 2.18. The standard InChI is InChI=1S/C16H25NO2/c1-12(18-3)7-10-16(17-2)13-5-4-6-15(11-13)19-14-8-9-14/h4-6,11-12,14,16-17H,7-10H2,1-3H3. The van der Waals surface area contributed by atoms with Gasteiger partial charge in [0, 0.05) is 13.2 Å². The summed E-state index contributed by atoms with van der Waals surface area (Å²) in [5.41, 5.74) is 1.30. The molecular weight excluding hydrogens is 238 g/mol. The molecule has 1 aromatic rings. The van der Waals surface area contributed by atoms with Gasteiger partial charge in [0.1, 0.15) is 5.75 Å². The Morgan fingerprint density at radius 1 is 1.32 bits per heavy atom. The van der Waals surface area contributed by atoms with Crippen molar-refractivity contribution in [1.82, 2.24) is 5.32 Å². The molecule has 19 heavy (non-hydrogen) atoms. The first-order valence-corrected chi connectivity index (χ1v) is 7.19. The van der Waals surface area contributed by atoms with Gasteiger partial charge in [0.2, 0.25) is 0 Å². The molecule has 0 aliphatic heterocycles. The molecule has 106 valence electrons. The molecule has 3 nitrogen and oxygen atoms in total. The number of benzene rings is 1. The van der Waals surface area contributed by atoms with E-state index in [-0.39, 0.29) is 0 Å². The molecule has 1 aliphatic carbocycles. The second kappa shape index (κ2) is 6.92. The van der Waals surface area contributed by atoms with Crippen molar-refractivity contribution in [3.8, 4) is 5.75 Å². The molecule has 2 rings (SSSR count). The van der Waals surface area contributed by atoms with Crippen LogP contribution in [-0.4, -0.2) is 26.4 Å². The van der Waals surface area contributed by atoms with Crippen LogP contribution in [0.15, 0.2) is 24.3 Å². The van der Waals surface area contributed by atoms with E-state index in [4.69, 9.17) is 9.47 Å². The van der Waals surface area contributed by atoms with Crippen LogP contribution in [0, 0.1) is 0 Å². The van der Waals surface area contributed by atoms with Gasteiger partial charge in [-0.15, -0.1) is 0 Å². The number of methoxy groups -OCH3 is 1. The highest BCUT2D eigenvalue weighted by Gasteiger charge is 2.23. The van der Waals surface area contributed by atoms with Crippen LogP contribution >= 0.6 is 0 Å². The predicted molar refractivity (Wildman–Crippen MR) is 77.6 cm³/mol. The molecule has 1 fully saturated rings. The van der Waals surface area contributed by atoms with Crippen molar-refractivity contribution in [2.45, 2.75) is 50.9 Å². The number of hydrogen-bond donors (Lipinski definition) is 1. The molecule has 1 N–H and O–H groups in total. The zero-order chi connectivity index (χ0) is 13.7. The van der Waals surface area contributed by atoms with Crippen molar-refractivity contribution >= 4 is 0 Å². The second-order valence-electron chi connectivity index (χ2n) is 5.35. The maximum atomic E-state index is 5.85. The van der Waals surface area contributed by atoms with Gasteiger partial charge in [0.25, 0.3) is 0 Å². The van der Waals surface area contributed by atoms with Crippen LogP contribution in [0.5, 0.6) is 5.75 Å². The van der Waals surface area contributed by atoms with E-state index in [1.165, 1.54) is 18.4 Å². The van der Waals surface area contributed by atoms with Gasteiger partial charge in [-0.05, 0) is 57.4 Å². The third kappa shape index (κ3) is 4.51. The highest BCUT2D eigenvalue weighted by atomic mass is 16.5. The third-order valence-electron chi connectivity index (χ3n) is 3.70. The molecule has 1 aromatic carbocycles. The average Bonchev–Trinajstić information content (AvgIpc) is 3.23. The smallest absolute Gasteiger partial charge is 0.120 e. The van der Waals surface area contributed by atoms with Crippen molar-refractivity contribution in [3.05, 3.63) is 29.8 Å². The fraction of sp³-hybridized carbons (Fsp3) is 0.625. The topological polar surface area (TPSA) is 30.5 Å². The summed E-state index contributed by atoms with van der Waals surface area (Å²) in [6, 6.07) is 8.82. The van der Waals surface area contributed by atoms with E-state index in [0.717, 1.165) is 18.6 Å². The van der Waals surface area contributed by atoms with Crippen LogP contribution in [0.2, 0.25) is 0 Å². The maximum absolute atomic E-state index is 5.85. The molecule has 0 radical (unpaired) electrons. The van der Waals surface area contributed by atoms with Crippen LogP contribution in [0.1, 0.15) is 44.2 Å². The highest BCUT2D eigenvalue weighted by molar-refractivity contribution is 5.31. The predicted octanol–water partition coefficient (Wildman–Crippen LogP) is 3.30. The van der Waals surface area contributed by atoms with Crippen LogP contribution in [-0.2, 0) is 4.74 Å². The van der Waals surface area contributed by atoms with Crippen LogP contribution in [0.25, 0.3) is 0 Å².